The Morgan fingerprint density at radius 2 is 2.19 bits per heavy atom. The number of rotatable bonds is 1. The number of nitrogens with one attached hydrogen (secondary N) is 1. The normalized spacial score (nSPS) is 26.9. The molecule has 1 aromatic rings. The Morgan fingerprint density at radius 3 is 2.94 bits per heavy atom. The number of hydrogen-bond donors (Lipinski definition) is 1. The lowest BCUT2D eigenvalue weighted by atomic mass is 9.96. The molecule has 2 heterocycles. The minimum atomic E-state index is -3.00. The van der Waals surface area contributed by atoms with E-state index in [9.17, 15) is 8.42 Å². The van der Waals surface area contributed by atoms with E-state index < -0.39 is 9.84 Å². The SMILES string of the molecule is O=S1(=O)CCc2cccc(C3CCNC3)c21. The van der Waals surface area contributed by atoms with Gasteiger partial charge in [0.2, 0.25) is 0 Å². The van der Waals surface area contributed by atoms with Gasteiger partial charge in [0, 0.05) is 6.54 Å². The van der Waals surface area contributed by atoms with Crippen molar-refractivity contribution in [2.75, 3.05) is 18.8 Å². The van der Waals surface area contributed by atoms with Gasteiger partial charge in [0.1, 0.15) is 0 Å². The predicted octanol–water partition coefficient (Wildman–Crippen LogP) is 1.09. The van der Waals surface area contributed by atoms with E-state index >= 15 is 0 Å². The van der Waals surface area contributed by atoms with Crippen LogP contribution in [0.5, 0.6) is 0 Å². The summed E-state index contributed by atoms with van der Waals surface area (Å²) in [6.45, 7) is 1.90. The van der Waals surface area contributed by atoms with Crippen molar-refractivity contribution in [3.63, 3.8) is 0 Å². The number of benzene rings is 1. The Hall–Kier alpha value is -0.870. The maximum Gasteiger partial charge on any atom is 0.179 e. The zero-order valence-corrected chi connectivity index (χ0v) is 9.89. The van der Waals surface area contributed by atoms with Crippen LogP contribution in [0, 0.1) is 0 Å². The number of hydrogen-bond acceptors (Lipinski definition) is 3. The Kier molecular flexibility index (Phi) is 2.30. The first-order valence-corrected chi connectivity index (χ1v) is 7.39. The van der Waals surface area contributed by atoms with Crippen LogP contribution >= 0.6 is 0 Å². The summed E-state index contributed by atoms with van der Waals surface area (Å²) in [5.41, 5.74) is 2.06. The summed E-state index contributed by atoms with van der Waals surface area (Å²) in [6.07, 6.45) is 1.73. The molecule has 16 heavy (non-hydrogen) atoms. The molecule has 1 atom stereocenters. The van der Waals surface area contributed by atoms with Crippen LogP contribution < -0.4 is 5.32 Å². The summed E-state index contributed by atoms with van der Waals surface area (Å²) >= 11 is 0. The van der Waals surface area contributed by atoms with Crippen LogP contribution in [-0.2, 0) is 16.3 Å². The van der Waals surface area contributed by atoms with Gasteiger partial charge in [0.05, 0.1) is 10.6 Å². The number of aryl methyl sites for hydroxylation is 1. The first-order valence-electron chi connectivity index (χ1n) is 5.74. The summed E-state index contributed by atoms with van der Waals surface area (Å²) in [5, 5.41) is 3.29. The highest BCUT2D eigenvalue weighted by atomic mass is 32.2. The van der Waals surface area contributed by atoms with Crippen molar-refractivity contribution >= 4 is 9.84 Å². The standard InChI is InChI=1S/C12H15NO2S/c14-16(15)7-5-9-2-1-3-11(12(9)16)10-4-6-13-8-10/h1-3,10,13H,4-8H2. The minimum absolute atomic E-state index is 0.291. The molecule has 2 aliphatic rings. The van der Waals surface area contributed by atoms with Crippen molar-refractivity contribution in [1.29, 1.82) is 0 Å². The maximum absolute atomic E-state index is 12.0. The molecule has 2 aliphatic heterocycles. The third-order valence-corrected chi connectivity index (χ3v) is 5.44. The Labute approximate surface area is 95.8 Å². The van der Waals surface area contributed by atoms with Crippen LogP contribution in [0.1, 0.15) is 23.5 Å². The zero-order valence-electron chi connectivity index (χ0n) is 9.07. The quantitative estimate of drug-likeness (QED) is 0.795. The van der Waals surface area contributed by atoms with Gasteiger partial charge in [0.15, 0.2) is 9.84 Å². The van der Waals surface area contributed by atoms with E-state index in [4.69, 9.17) is 0 Å². The number of fused-ring (bicyclic) bond motifs is 1. The van der Waals surface area contributed by atoms with E-state index in [1.807, 2.05) is 18.2 Å². The Morgan fingerprint density at radius 1 is 1.31 bits per heavy atom. The first-order chi connectivity index (χ1) is 7.68. The molecule has 1 N–H and O–H groups in total. The summed E-state index contributed by atoms with van der Waals surface area (Å²) in [4.78, 5) is 0.642. The minimum Gasteiger partial charge on any atom is -0.316 e. The highest BCUT2D eigenvalue weighted by Gasteiger charge is 2.32. The topological polar surface area (TPSA) is 46.2 Å². The third-order valence-electron chi connectivity index (χ3n) is 3.58. The molecule has 0 bridgehead atoms. The van der Waals surface area contributed by atoms with Gasteiger partial charge in [-0.3, -0.25) is 0 Å². The number of sulfone groups is 1. The average molecular weight is 237 g/mol. The smallest absolute Gasteiger partial charge is 0.179 e. The summed E-state index contributed by atoms with van der Waals surface area (Å²) in [5.74, 6) is 0.669. The van der Waals surface area contributed by atoms with Gasteiger partial charge in [0.25, 0.3) is 0 Å². The molecule has 0 radical (unpaired) electrons. The largest absolute Gasteiger partial charge is 0.316 e. The molecule has 4 heteroatoms. The van der Waals surface area contributed by atoms with Gasteiger partial charge < -0.3 is 5.32 Å². The van der Waals surface area contributed by atoms with Crippen LogP contribution in [0.25, 0.3) is 0 Å². The highest BCUT2D eigenvalue weighted by Crippen LogP contribution is 2.35. The molecule has 3 rings (SSSR count). The zero-order chi connectivity index (χ0) is 11.2. The maximum atomic E-state index is 12.0. The van der Waals surface area contributed by atoms with E-state index in [0.29, 0.717) is 23.0 Å². The Balaban J connectivity index is 2.16. The fourth-order valence-electron chi connectivity index (χ4n) is 2.77. The summed E-state index contributed by atoms with van der Waals surface area (Å²) in [6, 6.07) is 5.93. The first kappa shape index (κ1) is 10.3. The second-order valence-corrected chi connectivity index (χ2v) is 6.64. The monoisotopic (exact) mass is 237 g/mol. The predicted molar refractivity (Wildman–Crippen MR) is 62.4 cm³/mol. The lowest BCUT2D eigenvalue weighted by molar-refractivity contribution is 0.597. The van der Waals surface area contributed by atoms with Gasteiger partial charge in [-0.2, -0.15) is 0 Å². The van der Waals surface area contributed by atoms with Crippen molar-refractivity contribution in [2.24, 2.45) is 0 Å². The van der Waals surface area contributed by atoms with E-state index in [-0.39, 0.29) is 0 Å². The molecule has 1 unspecified atom stereocenters. The van der Waals surface area contributed by atoms with Crippen LogP contribution in [0.4, 0.5) is 0 Å². The van der Waals surface area contributed by atoms with E-state index in [0.717, 1.165) is 30.6 Å². The van der Waals surface area contributed by atoms with Gasteiger partial charge in [-0.05, 0) is 36.4 Å². The Bertz CT molecular complexity index is 516. The molecule has 1 aromatic carbocycles. The summed E-state index contributed by atoms with van der Waals surface area (Å²) < 4.78 is 24.0. The van der Waals surface area contributed by atoms with E-state index in [1.165, 1.54) is 0 Å². The van der Waals surface area contributed by atoms with E-state index in [1.54, 1.807) is 0 Å². The van der Waals surface area contributed by atoms with Gasteiger partial charge >= 0.3 is 0 Å². The lowest BCUT2D eigenvalue weighted by Crippen LogP contribution is -2.11. The second kappa shape index (κ2) is 3.57. The highest BCUT2D eigenvalue weighted by molar-refractivity contribution is 7.91. The summed E-state index contributed by atoms with van der Waals surface area (Å²) in [7, 11) is -3.00. The molecule has 3 nitrogen and oxygen atoms in total. The van der Waals surface area contributed by atoms with Crippen LogP contribution in [0.15, 0.2) is 23.1 Å². The fourth-order valence-corrected chi connectivity index (χ4v) is 4.62. The van der Waals surface area contributed by atoms with Crippen LogP contribution in [0.3, 0.4) is 0 Å². The average Bonchev–Trinajstić information content (AvgIpc) is 2.87. The molecule has 0 amide bonds. The molecule has 86 valence electrons. The van der Waals surface area contributed by atoms with Gasteiger partial charge in [-0.1, -0.05) is 18.2 Å². The van der Waals surface area contributed by atoms with Crippen molar-refractivity contribution in [1.82, 2.24) is 5.32 Å². The van der Waals surface area contributed by atoms with E-state index in [2.05, 4.69) is 5.32 Å². The molecule has 0 aromatic heterocycles. The molecular weight excluding hydrogens is 222 g/mol. The molecule has 0 spiro atoms. The van der Waals surface area contributed by atoms with Crippen molar-refractivity contribution < 1.29 is 8.42 Å². The lowest BCUT2D eigenvalue weighted by Gasteiger charge is -2.13. The molecule has 1 fully saturated rings. The van der Waals surface area contributed by atoms with Crippen LogP contribution in [-0.4, -0.2) is 27.3 Å². The molecule has 0 saturated carbocycles. The molecular formula is C12H15NO2S. The molecule has 1 saturated heterocycles. The van der Waals surface area contributed by atoms with Crippen molar-refractivity contribution in [3.05, 3.63) is 29.3 Å². The van der Waals surface area contributed by atoms with Crippen molar-refractivity contribution in [3.8, 4) is 0 Å². The fraction of sp³-hybridized carbons (Fsp3) is 0.500. The second-order valence-electron chi connectivity index (χ2n) is 4.59. The van der Waals surface area contributed by atoms with Crippen molar-refractivity contribution in [2.45, 2.75) is 23.7 Å². The van der Waals surface area contributed by atoms with Gasteiger partial charge in [-0.25, -0.2) is 8.42 Å². The third kappa shape index (κ3) is 1.48. The van der Waals surface area contributed by atoms with Gasteiger partial charge in [-0.15, -0.1) is 0 Å². The molecule has 0 aliphatic carbocycles. The van der Waals surface area contributed by atoms with Crippen LogP contribution in [0.2, 0.25) is 0 Å².